The van der Waals surface area contributed by atoms with Crippen molar-refractivity contribution in [2.45, 2.75) is 18.8 Å². The Morgan fingerprint density at radius 2 is 1.71 bits per heavy atom. The van der Waals surface area contributed by atoms with Crippen molar-refractivity contribution in [2.24, 2.45) is 0 Å². The van der Waals surface area contributed by atoms with Crippen LogP contribution in [0.4, 0.5) is 0 Å². The Balaban J connectivity index is 3.82. The second kappa shape index (κ2) is 7.49. The lowest BCUT2D eigenvalue weighted by atomic mass is 10.3. The number of hydrogen-bond donors (Lipinski definition) is 0. The monoisotopic (exact) mass is 243 g/mol. The molecule has 0 aromatic rings. The van der Waals surface area contributed by atoms with E-state index in [1.54, 1.807) is 0 Å². The first-order valence-electron chi connectivity index (χ1n) is 3.98. The highest BCUT2D eigenvalue weighted by atomic mass is 32.8. The van der Waals surface area contributed by atoms with Crippen LogP contribution in [0.3, 0.4) is 0 Å². The van der Waals surface area contributed by atoms with Crippen molar-refractivity contribution in [1.29, 1.82) is 0 Å². The fourth-order valence-electron chi connectivity index (χ4n) is 0.972. The summed E-state index contributed by atoms with van der Waals surface area (Å²) in [6.45, 7) is 0.286. The van der Waals surface area contributed by atoms with Crippen molar-refractivity contribution in [3.8, 4) is 0 Å². The average molecular weight is 243 g/mol. The zero-order valence-corrected chi connectivity index (χ0v) is 10.1. The van der Waals surface area contributed by atoms with Crippen LogP contribution in [-0.2, 0) is 43.4 Å². The number of rotatable bonds is 8. The van der Waals surface area contributed by atoms with Gasteiger partial charge in [0.2, 0.25) is 0 Å². The molecule has 0 saturated heterocycles. The lowest BCUT2D eigenvalue weighted by molar-refractivity contribution is -0.355. The maximum atomic E-state index is 10.4. The Morgan fingerprint density at radius 1 is 1.21 bits per heavy atom. The van der Waals surface area contributed by atoms with Crippen LogP contribution in [0.2, 0.25) is 0 Å². The van der Waals surface area contributed by atoms with E-state index in [-0.39, 0.29) is 6.61 Å². The van der Waals surface area contributed by atoms with Crippen LogP contribution in [0.25, 0.3) is 0 Å². The third-order valence-electron chi connectivity index (χ3n) is 1.74. The minimum absolute atomic E-state index is 0.286. The summed E-state index contributed by atoms with van der Waals surface area (Å²) >= 11 is 4.33. The molecule has 0 radical (unpaired) electrons. The molecule has 0 fully saturated rings. The molecule has 0 rings (SSSR count). The van der Waals surface area contributed by atoms with E-state index in [0.717, 1.165) is 0 Å². The van der Waals surface area contributed by atoms with E-state index < -0.39 is 15.6 Å². The van der Waals surface area contributed by atoms with Crippen LogP contribution in [0.15, 0.2) is 0 Å². The molecule has 0 saturated carbocycles. The van der Waals surface area contributed by atoms with Gasteiger partial charge in [0.05, 0.1) is 0 Å². The van der Waals surface area contributed by atoms with Gasteiger partial charge in [0.1, 0.15) is 0 Å². The normalized spacial score (nSPS) is 12.3. The predicted octanol–water partition coefficient (Wildman–Crippen LogP) is 0.717. The molecule has 0 aliphatic heterocycles. The van der Waals surface area contributed by atoms with Gasteiger partial charge in [-0.2, -0.15) is 0 Å². The zero-order valence-electron chi connectivity index (χ0n) is 8.48. The number of methoxy groups -OCH3 is 3. The van der Waals surface area contributed by atoms with E-state index in [1.807, 2.05) is 0 Å². The van der Waals surface area contributed by atoms with Crippen molar-refractivity contribution >= 4 is 20.8 Å². The van der Waals surface area contributed by atoms with Crippen molar-refractivity contribution in [1.82, 2.24) is 0 Å². The lowest BCUT2D eigenvalue weighted by Gasteiger charge is -2.28. The summed E-state index contributed by atoms with van der Waals surface area (Å²) in [6.07, 6.45) is 1.06. The van der Waals surface area contributed by atoms with Crippen LogP contribution in [0, 0.1) is 0 Å². The SMILES string of the molecule is COC(CCCO[S-](=O)=S)(OC)OC. The minimum atomic E-state index is -1.64. The average Bonchev–Trinajstić information content (AvgIpc) is 2.19. The van der Waals surface area contributed by atoms with Crippen molar-refractivity contribution in [2.75, 3.05) is 27.9 Å². The van der Waals surface area contributed by atoms with Crippen molar-refractivity contribution in [3.63, 3.8) is 0 Å². The topological polar surface area (TPSA) is 54.0 Å². The maximum absolute atomic E-state index is 10.4. The molecule has 5 nitrogen and oxygen atoms in total. The van der Waals surface area contributed by atoms with Crippen LogP contribution in [0.1, 0.15) is 12.8 Å². The molecule has 0 N–H and O–H groups in total. The third kappa shape index (κ3) is 5.18. The van der Waals surface area contributed by atoms with Gasteiger partial charge in [-0.1, -0.05) is 9.64 Å². The van der Waals surface area contributed by atoms with E-state index in [2.05, 4.69) is 11.2 Å². The lowest BCUT2D eigenvalue weighted by Crippen LogP contribution is -2.36. The van der Waals surface area contributed by atoms with Crippen LogP contribution < -0.4 is 0 Å². The Bertz CT molecular complexity index is 196. The molecular formula is C7H15O5S2-. The smallest absolute Gasteiger partial charge is 0.282 e. The zero-order chi connectivity index (χ0) is 11.0. The van der Waals surface area contributed by atoms with Gasteiger partial charge in [-0.15, -0.1) is 0 Å². The van der Waals surface area contributed by atoms with Crippen LogP contribution >= 0.6 is 0 Å². The standard InChI is InChI=1S/C7H15O5S2/c1-9-7(10-2,11-3)5-4-6-12-14(8)13/h4-6H2,1-3H3/q-1. The van der Waals surface area contributed by atoms with Gasteiger partial charge in [-0.25, -0.2) is 11.2 Å². The molecular weight excluding hydrogens is 228 g/mol. The largest absolute Gasteiger partial charge is 0.444 e. The highest BCUT2D eigenvalue weighted by Crippen LogP contribution is 2.18. The third-order valence-corrected chi connectivity index (χ3v) is 2.39. The Morgan fingerprint density at radius 3 is 2.07 bits per heavy atom. The van der Waals surface area contributed by atoms with E-state index in [4.69, 9.17) is 18.4 Å². The van der Waals surface area contributed by atoms with E-state index in [0.29, 0.717) is 12.8 Å². The molecule has 0 bridgehead atoms. The van der Waals surface area contributed by atoms with Crippen molar-refractivity contribution in [3.05, 3.63) is 0 Å². The first kappa shape index (κ1) is 14.2. The van der Waals surface area contributed by atoms with Crippen LogP contribution in [0.5, 0.6) is 0 Å². The molecule has 0 heterocycles. The first-order chi connectivity index (χ1) is 6.60. The Kier molecular flexibility index (Phi) is 7.61. The molecule has 7 heteroatoms. The highest BCUT2D eigenvalue weighted by molar-refractivity contribution is 8.19. The second-order valence-corrected chi connectivity index (χ2v) is 3.89. The van der Waals surface area contributed by atoms with Gasteiger partial charge >= 0.3 is 0 Å². The summed E-state index contributed by atoms with van der Waals surface area (Å²) in [6, 6.07) is 0. The maximum Gasteiger partial charge on any atom is 0.282 e. The predicted molar refractivity (Wildman–Crippen MR) is 54.4 cm³/mol. The summed E-state index contributed by atoms with van der Waals surface area (Å²) in [5.41, 5.74) is 0. The molecule has 0 unspecified atom stereocenters. The molecule has 0 amide bonds. The van der Waals surface area contributed by atoms with E-state index in [9.17, 15) is 4.21 Å². The highest BCUT2D eigenvalue weighted by Gasteiger charge is 2.28. The molecule has 0 atom stereocenters. The number of ether oxygens (including phenoxy) is 3. The van der Waals surface area contributed by atoms with Gasteiger partial charge in [-0.3, -0.25) is 0 Å². The molecule has 0 spiro atoms. The molecule has 0 aliphatic rings. The quantitative estimate of drug-likeness (QED) is 0.356. The second-order valence-electron chi connectivity index (χ2n) is 2.43. The van der Waals surface area contributed by atoms with Crippen molar-refractivity contribution < 1.29 is 22.6 Å². The molecule has 0 aromatic carbocycles. The summed E-state index contributed by atoms with van der Waals surface area (Å²) in [5, 5.41) is 0. The summed E-state index contributed by atoms with van der Waals surface area (Å²) < 4.78 is 30.2. The first-order valence-corrected chi connectivity index (χ1v) is 5.98. The van der Waals surface area contributed by atoms with Gasteiger partial charge in [0, 0.05) is 34.4 Å². The van der Waals surface area contributed by atoms with Gasteiger partial charge in [0.15, 0.2) is 0 Å². The number of hydrogen-bond acceptors (Lipinski definition) is 7. The molecule has 0 aromatic heterocycles. The molecule has 0 aliphatic carbocycles. The molecule has 14 heavy (non-hydrogen) atoms. The van der Waals surface area contributed by atoms with Gasteiger partial charge in [-0.05, 0) is 6.42 Å². The molecule has 86 valence electrons. The Labute approximate surface area is 90.6 Å². The fourth-order valence-corrected chi connectivity index (χ4v) is 1.43. The van der Waals surface area contributed by atoms with E-state index >= 15 is 0 Å². The Hall–Kier alpha value is 0.210. The minimum Gasteiger partial charge on any atom is -0.444 e. The van der Waals surface area contributed by atoms with Gasteiger partial charge in [0.25, 0.3) is 5.97 Å². The summed E-state index contributed by atoms with van der Waals surface area (Å²) in [5.74, 6) is -1.05. The van der Waals surface area contributed by atoms with Crippen LogP contribution in [-0.4, -0.2) is 33.9 Å². The summed E-state index contributed by atoms with van der Waals surface area (Å²) in [4.78, 5) is 0. The van der Waals surface area contributed by atoms with Gasteiger partial charge < -0.3 is 22.6 Å². The van der Waals surface area contributed by atoms with E-state index in [1.165, 1.54) is 21.3 Å². The summed E-state index contributed by atoms with van der Waals surface area (Å²) in [7, 11) is 2.82. The fraction of sp³-hybridized carbons (Fsp3) is 1.00.